The standard InChI is InChI=1S/C17H27N3O3.HI/c1-3-18-17(19-8-4-9-21-2)20-13-14-6-7-15-16(12-14)23-11-5-10-22-15;/h6-7,12H,3-5,8-11,13H2,1-2H3,(H2,18,19,20);1H. The second kappa shape index (κ2) is 12.2. The summed E-state index contributed by atoms with van der Waals surface area (Å²) in [5.74, 6) is 2.45. The Morgan fingerprint density at radius 2 is 2.00 bits per heavy atom. The molecular formula is C17H28IN3O3. The van der Waals surface area contributed by atoms with Crippen LogP contribution in [0.3, 0.4) is 0 Å². The van der Waals surface area contributed by atoms with E-state index in [0.717, 1.165) is 55.6 Å². The lowest BCUT2D eigenvalue weighted by Gasteiger charge is -2.12. The summed E-state index contributed by atoms with van der Waals surface area (Å²) in [4.78, 5) is 4.61. The monoisotopic (exact) mass is 449 g/mol. The highest BCUT2D eigenvalue weighted by Crippen LogP contribution is 2.30. The van der Waals surface area contributed by atoms with Crippen molar-refractivity contribution < 1.29 is 14.2 Å². The van der Waals surface area contributed by atoms with Gasteiger partial charge in [0.25, 0.3) is 0 Å². The molecule has 2 rings (SSSR count). The van der Waals surface area contributed by atoms with Crippen molar-refractivity contribution >= 4 is 29.9 Å². The molecule has 24 heavy (non-hydrogen) atoms. The second-order valence-corrected chi connectivity index (χ2v) is 5.30. The third-order valence-corrected chi connectivity index (χ3v) is 3.39. The van der Waals surface area contributed by atoms with Crippen LogP contribution in [0.4, 0.5) is 0 Å². The number of hydrogen-bond acceptors (Lipinski definition) is 4. The lowest BCUT2D eigenvalue weighted by Crippen LogP contribution is -2.38. The number of aliphatic imine (C=N–C) groups is 1. The fraction of sp³-hybridized carbons (Fsp3) is 0.588. The van der Waals surface area contributed by atoms with Crippen LogP contribution >= 0.6 is 24.0 Å². The molecule has 1 aliphatic rings. The molecule has 0 unspecified atom stereocenters. The van der Waals surface area contributed by atoms with Gasteiger partial charge in [0.1, 0.15) is 0 Å². The number of methoxy groups -OCH3 is 1. The average molecular weight is 449 g/mol. The molecule has 1 aliphatic heterocycles. The number of ether oxygens (including phenoxy) is 3. The van der Waals surface area contributed by atoms with E-state index in [9.17, 15) is 0 Å². The highest BCUT2D eigenvalue weighted by atomic mass is 127. The van der Waals surface area contributed by atoms with Gasteiger partial charge in [-0.1, -0.05) is 6.07 Å². The van der Waals surface area contributed by atoms with Crippen molar-refractivity contribution in [3.05, 3.63) is 23.8 Å². The van der Waals surface area contributed by atoms with Gasteiger partial charge in [-0.15, -0.1) is 24.0 Å². The molecule has 7 heteroatoms. The minimum Gasteiger partial charge on any atom is -0.490 e. The van der Waals surface area contributed by atoms with E-state index >= 15 is 0 Å². The molecule has 0 radical (unpaired) electrons. The number of halogens is 1. The molecule has 0 spiro atoms. The zero-order valence-electron chi connectivity index (χ0n) is 14.5. The first-order valence-corrected chi connectivity index (χ1v) is 8.23. The lowest BCUT2D eigenvalue weighted by atomic mass is 10.2. The summed E-state index contributed by atoms with van der Waals surface area (Å²) < 4.78 is 16.4. The van der Waals surface area contributed by atoms with Gasteiger partial charge in [-0.2, -0.15) is 0 Å². The van der Waals surface area contributed by atoms with Crippen molar-refractivity contribution in [1.82, 2.24) is 10.6 Å². The van der Waals surface area contributed by atoms with Gasteiger partial charge in [0.05, 0.1) is 19.8 Å². The van der Waals surface area contributed by atoms with Crippen LogP contribution in [0.15, 0.2) is 23.2 Å². The first kappa shape index (κ1) is 20.8. The number of nitrogens with zero attached hydrogens (tertiary/aromatic N) is 1. The molecule has 0 aliphatic carbocycles. The first-order valence-electron chi connectivity index (χ1n) is 8.23. The van der Waals surface area contributed by atoms with Gasteiger partial charge in [-0.25, -0.2) is 4.99 Å². The van der Waals surface area contributed by atoms with Crippen LogP contribution in [0.25, 0.3) is 0 Å². The van der Waals surface area contributed by atoms with Gasteiger partial charge in [-0.05, 0) is 31.0 Å². The Morgan fingerprint density at radius 3 is 2.75 bits per heavy atom. The quantitative estimate of drug-likeness (QED) is 0.290. The number of hydrogen-bond donors (Lipinski definition) is 2. The van der Waals surface area contributed by atoms with Crippen LogP contribution in [-0.2, 0) is 11.3 Å². The van der Waals surface area contributed by atoms with Crippen molar-refractivity contribution in [2.45, 2.75) is 26.3 Å². The van der Waals surface area contributed by atoms with E-state index in [1.54, 1.807) is 7.11 Å². The molecule has 0 saturated carbocycles. The summed E-state index contributed by atoms with van der Waals surface area (Å²) in [6, 6.07) is 6.01. The van der Waals surface area contributed by atoms with Crippen molar-refractivity contribution in [2.24, 2.45) is 4.99 Å². The number of nitrogens with one attached hydrogen (secondary N) is 2. The largest absolute Gasteiger partial charge is 0.490 e. The maximum atomic E-state index is 5.72. The number of guanidine groups is 1. The summed E-state index contributed by atoms with van der Waals surface area (Å²) in [5.41, 5.74) is 1.10. The molecule has 0 aromatic heterocycles. The van der Waals surface area contributed by atoms with Crippen molar-refractivity contribution in [2.75, 3.05) is 40.0 Å². The van der Waals surface area contributed by atoms with Crippen LogP contribution < -0.4 is 20.1 Å². The van der Waals surface area contributed by atoms with Gasteiger partial charge in [0, 0.05) is 33.2 Å². The van der Waals surface area contributed by atoms with Crippen LogP contribution in [0.1, 0.15) is 25.3 Å². The van der Waals surface area contributed by atoms with Crippen molar-refractivity contribution in [3.63, 3.8) is 0 Å². The van der Waals surface area contributed by atoms with Crippen LogP contribution in [0.2, 0.25) is 0 Å². The second-order valence-electron chi connectivity index (χ2n) is 5.30. The molecule has 0 fully saturated rings. The van der Waals surface area contributed by atoms with E-state index in [1.807, 2.05) is 18.2 Å². The van der Waals surface area contributed by atoms with E-state index in [0.29, 0.717) is 19.8 Å². The normalized spacial score (nSPS) is 13.7. The van der Waals surface area contributed by atoms with Crippen LogP contribution in [0.5, 0.6) is 11.5 Å². The fourth-order valence-corrected chi connectivity index (χ4v) is 2.24. The van der Waals surface area contributed by atoms with E-state index in [4.69, 9.17) is 14.2 Å². The van der Waals surface area contributed by atoms with Gasteiger partial charge in [0.15, 0.2) is 17.5 Å². The van der Waals surface area contributed by atoms with Gasteiger partial charge >= 0.3 is 0 Å². The number of benzene rings is 1. The molecule has 1 aromatic rings. The molecule has 2 N–H and O–H groups in total. The van der Waals surface area contributed by atoms with E-state index in [2.05, 4.69) is 22.5 Å². The van der Waals surface area contributed by atoms with Crippen LogP contribution in [-0.4, -0.2) is 46.0 Å². The molecule has 1 aromatic carbocycles. The highest BCUT2D eigenvalue weighted by Gasteiger charge is 2.10. The SMILES string of the molecule is CCNC(=NCc1ccc2c(c1)OCCCO2)NCCCOC.I. The predicted molar refractivity (Wildman–Crippen MR) is 107 cm³/mol. The molecule has 0 saturated heterocycles. The molecule has 1 heterocycles. The van der Waals surface area contributed by atoms with E-state index in [1.165, 1.54) is 0 Å². The number of rotatable bonds is 7. The van der Waals surface area contributed by atoms with Crippen molar-refractivity contribution in [3.8, 4) is 11.5 Å². The minimum atomic E-state index is 0. The maximum absolute atomic E-state index is 5.72. The summed E-state index contributed by atoms with van der Waals surface area (Å²) in [5, 5.41) is 6.55. The summed E-state index contributed by atoms with van der Waals surface area (Å²) in [6.07, 6.45) is 1.86. The molecule has 136 valence electrons. The maximum Gasteiger partial charge on any atom is 0.191 e. The van der Waals surface area contributed by atoms with Gasteiger partial charge in [0.2, 0.25) is 0 Å². The van der Waals surface area contributed by atoms with Crippen molar-refractivity contribution in [1.29, 1.82) is 0 Å². The first-order chi connectivity index (χ1) is 11.3. The smallest absolute Gasteiger partial charge is 0.191 e. The van der Waals surface area contributed by atoms with Crippen LogP contribution in [0, 0.1) is 0 Å². The minimum absolute atomic E-state index is 0. The Morgan fingerprint density at radius 1 is 1.21 bits per heavy atom. The Hall–Kier alpha value is -1.22. The summed E-state index contributed by atoms with van der Waals surface area (Å²) >= 11 is 0. The Bertz CT molecular complexity index is 512. The molecule has 0 atom stereocenters. The molecular weight excluding hydrogens is 421 g/mol. The fourth-order valence-electron chi connectivity index (χ4n) is 2.24. The Balaban J connectivity index is 0.00000288. The third-order valence-electron chi connectivity index (χ3n) is 3.39. The Kier molecular flexibility index (Phi) is 10.6. The predicted octanol–water partition coefficient (Wildman–Crippen LogP) is 2.56. The zero-order valence-corrected chi connectivity index (χ0v) is 16.8. The Labute approximate surface area is 161 Å². The third kappa shape index (κ3) is 7.12. The molecule has 0 bridgehead atoms. The lowest BCUT2D eigenvalue weighted by molar-refractivity contribution is 0.195. The van der Waals surface area contributed by atoms with E-state index in [-0.39, 0.29) is 24.0 Å². The summed E-state index contributed by atoms with van der Waals surface area (Å²) in [7, 11) is 1.71. The molecule has 0 amide bonds. The van der Waals surface area contributed by atoms with Gasteiger partial charge in [-0.3, -0.25) is 0 Å². The van der Waals surface area contributed by atoms with E-state index < -0.39 is 0 Å². The topological polar surface area (TPSA) is 64.1 Å². The highest BCUT2D eigenvalue weighted by molar-refractivity contribution is 14.0. The zero-order chi connectivity index (χ0) is 16.3. The molecule has 6 nitrogen and oxygen atoms in total. The average Bonchev–Trinajstić information content (AvgIpc) is 2.81. The van der Waals surface area contributed by atoms with Gasteiger partial charge < -0.3 is 24.8 Å². The summed E-state index contributed by atoms with van der Waals surface area (Å²) in [6.45, 7) is 6.46. The number of fused-ring (bicyclic) bond motifs is 1.